The van der Waals surface area contributed by atoms with E-state index in [0.29, 0.717) is 11.3 Å². The van der Waals surface area contributed by atoms with Crippen molar-refractivity contribution in [1.29, 1.82) is 0 Å². The van der Waals surface area contributed by atoms with Crippen molar-refractivity contribution in [1.82, 2.24) is 4.98 Å². The van der Waals surface area contributed by atoms with E-state index in [-0.39, 0.29) is 17.8 Å². The zero-order valence-electron chi connectivity index (χ0n) is 11.5. The molecule has 0 aliphatic heterocycles. The van der Waals surface area contributed by atoms with Crippen LogP contribution in [0.25, 0.3) is 0 Å². The van der Waals surface area contributed by atoms with Gasteiger partial charge in [-0.25, -0.2) is 4.39 Å². The highest BCUT2D eigenvalue weighted by Crippen LogP contribution is 2.43. The van der Waals surface area contributed by atoms with E-state index in [2.05, 4.69) is 25.8 Å². The van der Waals surface area contributed by atoms with E-state index < -0.39 is 0 Å². The lowest BCUT2D eigenvalue weighted by Crippen LogP contribution is -2.38. The first-order valence-electron chi connectivity index (χ1n) is 6.74. The van der Waals surface area contributed by atoms with Crippen molar-refractivity contribution in [3.05, 3.63) is 29.8 Å². The van der Waals surface area contributed by atoms with Gasteiger partial charge < -0.3 is 5.73 Å². The summed E-state index contributed by atoms with van der Waals surface area (Å²) in [5.74, 6) is 0.620. The van der Waals surface area contributed by atoms with E-state index >= 15 is 0 Å². The van der Waals surface area contributed by atoms with Crippen LogP contribution < -0.4 is 5.73 Å². The fourth-order valence-corrected chi connectivity index (χ4v) is 2.99. The molecule has 2 nitrogen and oxygen atoms in total. The van der Waals surface area contributed by atoms with Gasteiger partial charge in [-0.15, -0.1) is 0 Å². The third kappa shape index (κ3) is 2.89. The van der Waals surface area contributed by atoms with Crippen LogP contribution in [0, 0.1) is 17.2 Å². The third-order valence-corrected chi connectivity index (χ3v) is 4.28. The highest BCUT2D eigenvalue weighted by Gasteiger charge is 2.35. The Hall–Kier alpha value is -0.960. The van der Waals surface area contributed by atoms with Crippen molar-refractivity contribution in [2.45, 2.75) is 52.0 Å². The molecule has 3 unspecified atom stereocenters. The van der Waals surface area contributed by atoms with E-state index in [1.54, 1.807) is 12.3 Å². The summed E-state index contributed by atoms with van der Waals surface area (Å²) in [7, 11) is 0. The van der Waals surface area contributed by atoms with Gasteiger partial charge in [-0.2, -0.15) is 0 Å². The molecule has 1 aromatic rings. The zero-order valence-corrected chi connectivity index (χ0v) is 11.5. The first kappa shape index (κ1) is 13.5. The van der Waals surface area contributed by atoms with Crippen molar-refractivity contribution in [3.63, 3.8) is 0 Å². The van der Waals surface area contributed by atoms with Crippen LogP contribution in [0.1, 0.15) is 51.5 Å². The van der Waals surface area contributed by atoms with Gasteiger partial charge in [0.25, 0.3) is 0 Å². The van der Waals surface area contributed by atoms with Crippen molar-refractivity contribution >= 4 is 0 Å². The average molecular weight is 250 g/mol. The molecule has 0 bridgehead atoms. The Bertz CT molecular complexity index is 411. The highest BCUT2D eigenvalue weighted by molar-refractivity contribution is 5.19. The van der Waals surface area contributed by atoms with Crippen molar-refractivity contribution in [3.8, 4) is 0 Å². The fraction of sp³-hybridized carbons (Fsp3) is 0.667. The first-order valence-corrected chi connectivity index (χ1v) is 6.74. The molecule has 1 heterocycles. The molecule has 2 rings (SSSR count). The number of rotatable bonds is 1. The second-order valence-electron chi connectivity index (χ2n) is 6.58. The molecule has 1 saturated carbocycles. The molecule has 100 valence electrons. The van der Waals surface area contributed by atoms with E-state index in [4.69, 9.17) is 5.73 Å². The van der Waals surface area contributed by atoms with Crippen molar-refractivity contribution in [2.75, 3.05) is 0 Å². The standard InChI is InChI=1S/C15H23FN2/c1-15(2,3)11-4-5-14(17)13(7-11)10-6-12(16)9-18-8-10/h6,8-9,11,13-14H,4-5,7,17H2,1-3H3. The molecule has 0 amide bonds. The molecule has 2 N–H and O–H groups in total. The summed E-state index contributed by atoms with van der Waals surface area (Å²) in [5, 5.41) is 0. The molecule has 18 heavy (non-hydrogen) atoms. The Morgan fingerprint density at radius 2 is 2.00 bits per heavy atom. The minimum atomic E-state index is -0.266. The molecule has 0 spiro atoms. The van der Waals surface area contributed by atoms with Gasteiger partial charge in [-0.3, -0.25) is 4.98 Å². The average Bonchev–Trinajstić information content (AvgIpc) is 2.28. The minimum absolute atomic E-state index is 0.132. The van der Waals surface area contributed by atoms with Gasteiger partial charge in [0.2, 0.25) is 0 Å². The molecule has 3 atom stereocenters. The van der Waals surface area contributed by atoms with Gasteiger partial charge in [0.1, 0.15) is 5.82 Å². The van der Waals surface area contributed by atoms with Crippen LogP contribution in [0.5, 0.6) is 0 Å². The smallest absolute Gasteiger partial charge is 0.141 e. The van der Waals surface area contributed by atoms with Gasteiger partial charge in [0.15, 0.2) is 0 Å². The van der Waals surface area contributed by atoms with Crippen LogP contribution in [0.15, 0.2) is 18.5 Å². The number of hydrogen-bond donors (Lipinski definition) is 1. The SMILES string of the molecule is CC(C)(C)C1CCC(N)C(c2cncc(F)c2)C1. The highest BCUT2D eigenvalue weighted by atomic mass is 19.1. The Morgan fingerprint density at radius 3 is 2.61 bits per heavy atom. The van der Waals surface area contributed by atoms with Crippen molar-refractivity contribution in [2.24, 2.45) is 17.1 Å². The van der Waals surface area contributed by atoms with Gasteiger partial charge in [0.05, 0.1) is 6.20 Å². The summed E-state index contributed by atoms with van der Waals surface area (Å²) >= 11 is 0. The number of pyridine rings is 1. The molecule has 0 aromatic carbocycles. The molecule has 0 saturated heterocycles. The van der Waals surface area contributed by atoms with Gasteiger partial charge >= 0.3 is 0 Å². The van der Waals surface area contributed by atoms with E-state index in [1.807, 2.05) is 0 Å². The van der Waals surface area contributed by atoms with Crippen LogP contribution >= 0.6 is 0 Å². The Balaban J connectivity index is 2.20. The fourth-order valence-electron chi connectivity index (χ4n) is 2.99. The largest absolute Gasteiger partial charge is 0.327 e. The van der Waals surface area contributed by atoms with E-state index in [0.717, 1.165) is 18.4 Å². The Kier molecular flexibility index (Phi) is 3.71. The third-order valence-electron chi connectivity index (χ3n) is 4.28. The van der Waals surface area contributed by atoms with Gasteiger partial charge in [-0.05, 0) is 42.2 Å². The molecular weight excluding hydrogens is 227 g/mol. The quantitative estimate of drug-likeness (QED) is 0.828. The van der Waals surface area contributed by atoms with Crippen LogP contribution in [-0.4, -0.2) is 11.0 Å². The maximum absolute atomic E-state index is 13.3. The molecule has 1 aromatic heterocycles. The van der Waals surface area contributed by atoms with Crippen LogP contribution in [0.3, 0.4) is 0 Å². The molecular formula is C15H23FN2. The summed E-state index contributed by atoms with van der Waals surface area (Å²) in [6.45, 7) is 6.82. The molecule has 1 fully saturated rings. The molecule has 3 heteroatoms. The maximum atomic E-state index is 13.3. The Morgan fingerprint density at radius 1 is 1.28 bits per heavy atom. The van der Waals surface area contributed by atoms with Crippen molar-refractivity contribution < 1.29 is 4.39 Å². The lowest BCUT2D eigenvalue weighted by molar-refractivity contribution is 0.153. The number of aromatic nitrogens is 1. The van der Waals surface area contributed by atoms with Crippen LogP contribution in [0.2, 0.25) is 0 Å². The predicted octanol–water partition coefficient (Wildman–Crippen LogP) is 3.48. The lowest BCUT2D eigenvalue weighted by atomic mass is 9.66. The molecule has 1 aliphatic carbocycles. The summed E-state index contributed by atoms with van der Waals surface area (Å²) in [6.07, 6.45) is 6.24. The van der Waals surface area contributed by atoms with E-state index in [9.17, 15) is 4.39 Å². The normalized spacial score (nSPS) is 29.3. The monoisotopic (exact) mass is 250 g/mol. The first-order chi connectivity index (χ1) is 8.38. The number of nitrogens with two attached hydrogens (primary N) is 1. The van der Waals surface area contributed by atoms with Crippen LogP contribution in [-0.2, 0) is 0 Å². The van der Waals surface area contributed by atoms with Gasteiger partial charge in [-0.1, -0.05) is 20.8 Å². The number of nitrogens with zero attached hydrogens (tertiary/aromatic N) is 1. The van der Waals surface area contributed by atoms with Gasteiger partial charge in [0, 0.05) is 18.2 Å². The Labute approximate surface area is 109 Å². The second kappa shape index (κ2) is 4.96. The summed E-state index contributed by atoms with van der Waals surface area (Å²) in [5.41, 5.74) is 7.46. The van der Waals surface area contributed by atoms with E-state index in [1.165, 1.54) is 12.6 Å². The maximum Gasteiger partial charge on any atom is 0.141 e. The number of hydrogen-bond acceptors (Lipinski definition) is 2. The number of halogens is 1. The van der Waals surface area contributed by atoms with Crippen LogP contribution in [0.4, 0.5) is 4.39 Å². The molecule has 1 aliphatic rings. The summed E-state index contributed by atoms with van der Waals surface area (Å²) < 4.78 is 13.3. The topological polar surface area (TPSA) is 38.9 Å². The lowest BCUT2D eigenvalue weighted by Gasteiger charge is -2.40. The summed E-state index contributed by atoms with van der Waals surface area (Å²) in [4.78, 5) is 3.95. The molecule has 0 radical (unpaired) electrons. The minimum Gasteiger partial charge on any atom is -0.327 e. The summed E-state index contributed by atoms with van der Waals surface area (Å²) in [6, 6.07) is 1.72. The predicted molar refractivity (Wildman–Crippen MR) is 71.7 cm³/mol. The zero-order chi connectivity index (χ0) is 13.3. The second-order valence-corrected chi connectivity index (χ2v) is 6.58.